The molecule has 0 atom stereocenters. The molecular weight excluding hydrogens is 789 g/mol. The lowest BCUT2D eigenvalue weighted by Gasteiger charge is -2.61. The van der Waals surface area contributed by atoms with Gasteiger partial charge >= 0.3 is 0 Å². The molecule has 2 aromatic heterocycles. The Kier molecular flexibility index (Phi) is 8.13. The molecule has 0 aliphatic heterocycles. The number of aromatic nitrogens is 4. The molecule has 2 heterocycles. The number of hydrogen-bond acceptors (Lipinski definition) is 3. The topological polar surface area (TPSA) is 43.6 Å². The molecule has 15 rings (SSSR count). The maximum Gasteiger partial charge on any atom is 0.164 e. The van der Waals surface area contributed by atoms with Crippen molar-refractivity contribution in [2.45, 2.75) is 37.5 Å². The summed E-state index contributed by atoms with van der Waals surface area (Å²) in [4.78, 5) is 15.6. The van der Waals surface area contributed by atoms with Gasteiger partial charge in [0.1, 0.15) is 0 Å². The van der Waals surface area contributed by atoms with E-state index in [4.69, 9.17) is 15.0 Å². The number of fused-ring (bicyclic) bond motifs is 6. The fraction of sp³-hybridized carbons (Fsp3) is 0.164. The van der Waals surface area contributed by atoms with Crippen LogP contribution in [0.15, 0.2) is 194 Å². The van der Waals surface area contributed by atoms with Crippen LogP contribution in [0.5, 0.6) is 0 Å². The van der Waals surface area contributed by atoms with Crippen molar-refractivity contribution in [1.29, 1.82) is 0 Å². The molecule has 65 heavy (non-hydrogen) atoms. The number of benzene rings is 8. The Morgan fingerprint density at radius 1 is 0.354 bits per heavy atom. The summed E-state index contributed by atoms with van der Waals surface area (Å²) < 4.78 is 2.39. The van der Waals surface area contributed by atoms with Crippen LogP contribution in [0, 0.1) is 23.7 Å². The zero-order valence-corrected chi connectivity index (χ0v) is 36.1. The summed E-state index contributed by atoms with van der Waals surface area (Å²) in [5.41, 5.74) is 17.3. The number of rotatable bonds is 6. The summed E-state index contributed by atoms with van der Waals surface area (Å²) >= 11 is 0. The van der Waals surface area contributed by atoms with E-state index in [1.54, 1.807) is 11.1 Å². The summed E-state index contributed by atoms with van der Waals surface area (Å²) in [6.45, 7) is 0. The quantitative estimate of drug-likeness (QED) is 0.168. The van der Waals surface area contributed by atoms with Crippen LogP contribution < -0.4 is 0 Å². The zero-order chi connectivity index (χ0) is 42.6. The first kappa shape index (κ1) is 37.0. The molecule has 0 N–H and O–H groups in total. The fourth-order valence-corrected chi connectivity index (χ4v) is 13.4. The summed E-state index contributed by atoms with van der Waals surface area (Å²) in [7, 11) is 0. The van der Waals surface area contributed by atoms with Crippen molar-refractivity contribution < 1.29 is 0 Å². The zero-order valence-electron chi connectivity index (χ0n) is 36.1. The Morgan fingerprint density at radius 2 is 0.862 bits per heavy atom. The summed E-state index contributed by atoms with van der Waals surface area (Å²) in [6, 6.07) is 71.0. The third-order valence-electron chi connectivity index (χ3n) is 15.8. The van der Waals surface area contributed by atoms with Gasteiger partial charge in [0.25, 0.3) is 0 Å². The largest absolute Gasteiger partial charge is 0.309 e. The second-order valence-electron chi connectivity index (χ2n) is 19.2. The Labute approximate surface area is 379 Å². The van der Waals surface area contributed by atoms with Gasteiger partial charge in [-0.1, -0.05) is 140 Å². The van der Waals surface area contributed by atoms with Gasteiger partial charge in [0.15, 0.2) is 17.5 Å². The minimum atomic E-state index is 0.0805. The third kappa shape index (κ3) is 5.66. The molecule has 0 radical (unpaired) electrons. The van der Waals surface area contributed by atoms with Gasteiger partial charge in [-0.15, -0.1) is 0 Å². The lowest BCUT2D eigenvalue weighted by Crippen LogP contribution is -2.55. The number of nitrogens with zero attached hydrogens (tertiary/aromatic N) is 4. The maximum atomic E-state index is 5.27. The highest BCUT2D eigenvalue weighted by molar-refractivity contribution is 6.10. The first-order valence-electron chi connectivity index (χ1n) is 23.5. The second kappa shape index (κ2) is 14.3. The monoisotopic (exact) mass is 834 g/mol. The van der Waals surface area contributed by atoms with E-state index < -0.39 is 0 Å². The van der Waals surface area contributed by atoms with Gasteiger partial charge in [0, 0.05) is 38.6 Å². The van der Waals surface area contributed by atoms with Crippen molar-refractivity contribution in [2.75, 3.05) is 0 Å². The van der Waals surface area contributed by atoms with Crippen LogP contribution in [0.1, 0.15) is 43.2 Å². The van der Waals surface area contributed by atoms with E-state index in [9.17, 15) is 0 Å². The molecule has 310 valence electrons. The van der Waals surface area contributed by atoms with Crippen LogP contribution in [-0.2, 0) is 5.41 Å². The van der Waals surface area contributed by atoms with Crippen molar-refractivity contribution in [3.8, 4) is 73.2 Å². The summed E-state index contributed by atoms with van der Waals surface area (Å²) in [5, 5.41) is 2.46. The molecule has 4 saturated carbocycles. The average Bonchev–Trinajstić information content (AvgIpc) is 3.86. The molecule has 10 aromatic rings. The smallest absolute Gasteiger partial charge is 0.164 e. The highest BCUT2D eigenvalue weighted by atomic mass is 15.0. The van der Waals surface area contributed by atoms with E-state index >= 15 is 0 Å². The van der Waals surface area contributed by atoms with E-state index in [-0.39, 0.29) is 5.41 Å². The fourth-order valence-electron chi connectivity index (χ4n) is 13.4. The molecule has 5 aliphatic carbocycles. The highest BCUT2D eigenvalue weighted by Gasteiger charge is 2.61. The highest BCUT2D eigenvalue weighted by Crippen LogP contribution is 2.69. The van der Waals surface area contributed by atoms with E-state index in [1.165, 1.54) is 76.2 Å². The van der Waals surface area contributed by atoms with Crippen LogP contribution in [0.4, 0.5) is 0 Å². The maximum absolute atomic E-state index is 5.27. The van der Waals surface area contributed by atoms with E-state index in [2.05, 4.69) is 162 Å². The number of para-hydroxylation sites is 2. The van der Waals surface area contributed by atoms with Gasteiger partial charge in [-0.05, 0) is 155 Å². The van der Waals surface area contributed by atoms with Gasteiger partial charge in [-0.3, -0.25) is 0 Å². The first-order valence-corrected chi connectivity index (χ1v) is 23.5. The van der Waals surface area contributed by atoms with Crippen molar-refractivity contribution in [1.82, 2.24) is 19.5 Å². The Morgan fingerprint density at radius 3 is 1.54 bits per heavy atom. The molecule has 1 spiro atoms. The van der Waals surface area contributed by atoms with Crippen LogP contribution in [0.3, 0.4) is 0 Å². The summed E-state index contributed by atoms with van der Waals surface area (Å²) in [5.74, 6) is 5.16. The first-order chi connectivity index (χ1) is 32.2. The molecule has 4 heteroatoms. The Bertz CT molecular complexity index is 3410. The van der Waals surface area contributed by atoms with E-state index in [0.29, 0.717) is 29.3 Å². The lowest BCUT2D eigenvalue weighted by atomic mass is 9.43. The van der Waals surface area contributed by atoms with Crippen molar-refractivity contribution in [3.05, 3.63) is 205 Å². The van der Waals surface area contributed by atoms with E-state index in [1.807, 2.05) is 36.4 Å². The molecule has 0 amide bonds. The van der Waals surface area contributed by atoms with Gasteiger partial charge in [-0.25, -0.2) is 15.0 Å². The van der Waals surface area contributed by atoms with Gasteiger partial charge in [0.05, 0.1) is 11.0 Å². The summed E-state index contributed by atoms with van der Waals surface area (Å²) in [6.07, 6.45) is 6.89. The molecule has 4 nitrogen and oxygen atoms in total. The van der Waals surface area contributed by atoms with Crippen molar-refractivity contribution in [3.63, 3.8) is 0 Å². The average molecular weight is 835 g/mol. The Hall–Kier alpha value is -7.43. The van der Waals surface area contributed by atoms with Crippen molar-refractivity contribution in [2.24, 2.45) is 23.7 Å². The molecule has 0 saturated heterocycles. The van der Waals surface area contributed by atoms with Crippen molar-refractivity contribution >= 4 is 21.8 Å². The standard InChI is InChI=1S/C61H46N4/c1-4-14-40(15-5-1)58-62-59(41-16-6-2-7-17-41)64-60(63-58)46-34-44(42-25-27-57-53(36-42)52-21-11-13-23-56(52)65(57)49-18-8-3-9-19-49)33-45(35-46)43-24-26-51-50-20-10-12-22-54(50)61(55(51)37-43)47-29-38-28-39(31-47)32-48(61)30-38/h1-27,33-39,47-48H,28-32H2. The molecule has 5 aliphatic rings. The second-order valence-corrected chi connectivity index (χ2v) is 19.2. The lowest BCUT2D eigenvalue weighted by molar-refractivity contribution is -0.0399. The molecular formula is C61H46N4. The Balaban J connectivity index is 0.994. The van der Waals surface area contributed by atoms with Crippen LogP contribution in [-0.4, -0.2) is 19.5 Å². The van der Waals surface area contributed by atoms with Crippen LogP contribution in [0.2, 0.25) is 0 Å². The third-order valence-corrected chi connectivity index (χ3v) is 15.8. The van der Waals surface area contributed by atoms with Crippen LogP contribution in [0.25, 0.3) is 95.0 Å². The molecule has 4 bridgehead atoms. The van der Waals surface area contributed by atoms with Gasteiger partial charge < -0.3 is 4.57 Å². The van der Waals surface area contributed by atoms with Gasteiger partial charge in [0.2, 0.25) is 0 Å². The molecule has 0 unspecified atom stereocenters. The SMILES string of the molecule is c1ccc(-c2nc(-c3ccccc3)nc(-c3cc(-c4ccc5c(c4)C4(c6ccccc6-5)C5CC6CC(C5)CC4C6)cc(-c4ccc5c(c4)c4ccccc4n5-c4ccccc4)c3)n2)cc1. The van der Waals surface area contributed by atoms with Crippen LogP contribution >= 0.6 is 0 Å². The minimum absolute atomic E-state index is 0.0805. The normalized spacial score (nSPS) is 21.3. The van der Waals surface area contributed by atoms with E-state index in [0.717, 1.165) is 45.3 Å². The predicted octanol–water partition coefficient (Wildman–Crippen LogP) is 15.0. The molecule has 8 aromatic carbocycles. The minimum Gasteiger partial charge on any atom is -0.309 e. The predicted molar refractivity (Wildman–Crippen MR) is 265 cm³/mol. The molecule has 4 fully saturated rings. The number of hydrogen-bond donors (Lipinski definition) is 0. The van der Waals surface area contributed by atoms with Gasteiger partial charge in [-0.2, -0.15) is 0 Å².